The largest absolute Gasteiger partial charge is 0.381 e. The lowest BCUT2D eigenvalue weighted by Crippen LogP contribution is -2.49. The minimum Gasteiger partial charge on any atom is -0.381 e. The van der Waals surface area contributed by atoms with Gasteiger partial charge in [-0.2, -0.15) is 0 Å². The Kier molecular flexibility index (Phi) is 8.57. The van der Waals surface area contributed by atoms with E-state index in [1.807, 2.05) is 18.7 Å². The Morgan fingerprint density at radius 1 is 1.25 bits per heavy atom. The Balaban J connectivity index is 0.00000288. The molecular formula is C18H29ClN2O2S. The standard InChI is InChI=1S/C18H28N2O2S.ClH/c1-13(2)23-16-6-4-15(5-7-16)14(3)20-17(21)18(12-19)8-10-22-11-9-18;/h4-7,13-14H,8-12,19H2,1-3H3,(H,20,21);1H. The predicted molar refractivity (Wildman–Crippen MR) is 103 cm³/mol. The zero-order chi connectivity index (χ0) is 16.9. The van der Waals surface area contributed by atoms with Crippen molar-refractivity contribution >= 4 is 30.1 Å². The summed E-state index contributed by atoms with van der Waals surface area (Å²) >= 11 is 1.84. The van der Waals surface area contributed by atoms with Crippen LogP contribution in [0.1, 0.15) is 45.2 Å². The number of hydrogen-bond donors (Lipinski definition) is 2. The molecule has 1 aliphatic rings. The van der Waals surface area contributed by atoms with Gasteiger partial charge in [-0.25, -0.2) is 0 Å². The van der Waals surface area contributed by atoms with Crippen molar-refractivity contribution in [1.82, 2.24) is 5.32 Å². The first-order valence-electron chi connectivity index (χ1n) is 8.32. The minimum absolute atomic E-state index is 0. The number of amides is 1. The van der Waals surface area contributed by atoms with Gasteiger partial charge in [0.05, 0.1) is 11.5 Å². The molecule has 0 aliphatic carbocycles. The van der Waals surface area contributed by atoms with Crippen LogP contribution in [0.4, 0.5) is 0 Å². The van der Waals surface area contributed by atoms with E-state index in [2.05, 4.69) is 43.4 Å². The summed E-state index contributed by atoms with van der Waals surface area (Å²) in [6.45, 7) is 7.98. The molecule has 1 heterocycles. The SMILES string of the molecule is CC(C)Sc1ccc(C(C)NC(=O)C2(CN)CCOCC2)cc1.Cl. The average Bonchev–Trinajstić information content (AvgIpc) is 2.55. The molecule has 2 rings (SSSR count). The summed E-state index contributed by atoms with van der Waals surface area (Å²) in [5.41, 5.74) is 6.54. The van der Waals surface area contributed by atoms with Gasteiger partial charge in [-0.05, 0) is 37.5 Å². The van der Waals surface area contributed by atoms with Gasteiger partial charge in [-0.1, -0.05) is 26.0 Å². The third-order valence-corrected chi connectivity index (χ3v) is 5.44. The first-order chi connectivity index (χ1) is 11.0. The lowest BCUT2D eigenvalue weighted by Gasteiger charge is -2.35. The van der Waals surface area contributed by atoms with Crippen LogP contribution in [-0.4, -0.2) is 30.9 Å². The summed E-state index contributed by atoms with van der Waals surface area (Å²) in [7, 11) is 0. The molecule has 1 aromatic rings. The highest BCUT2D eigenvalue weighted by Gasteiger charge is 2.39. The molecule has 1 atom stereocenters. The van der Waals surface area contributed by atoms with Gasteiger partial charge < -0.3 is 15.8 Å². The number of ether oxygens (including phenoxy) is 1. The summed E-state index contributed by atoms with van der Waals surface area (Å²) < 4.78 is 5.37. The number of thioether (sulfide) groups is 1. The van der Waals surface area contributed by atoms with Gasteiger partial charge in [0.2, 0.25) is 5.91 Å². The molecule has 1 saturated heterocycles. The normalized spacial score (nSPS) is 17.9. The Morgan fingerprint density at radius 3 is 2.33 bits per heavy atom. The molecule has 1 aliphatic heterocycles. The first-order valence-corrected chi connectivity index (χ1v) is 9.20. The van der Waals surface area contributed by atoms with Crippen molar-refractivity contribution in [3.05, 3.63) is 29.8 Å². The average molecular weight is 373 g/mol. The number of carbonyl (C=O) groups is 1. The maximum Gasteiger partial charge on any atom is 0.228 e. The Morgan fingerprint density at radius 2 is 1.83 bits per heavy atom. The van der Waals surface area contributed by atoms with E-state index < -0.39 is 5.41 Å². The van der Waals surface area contributed by atoms with Crippen molar-refractivity contribution in [1.29, 1.82) is 0 Å². The molecule has 0 aromatic heterocycles. The molecule has 0 saturated carbocycles. The number of benzene rings is 1. The fourth-order valence-electron chi connectivity index (χ4n) is 2.83. The molecule has 1 amide bonds. The van der Waals surface area contributed by atoms with Gasteiger partial charge in [-0.3, -0.25) is 4.79 Å². The number of nitrogens with one attached hydrogen (secondary N) is 1. The van der Waals surface area contributed by atoms with Crippen LogP contribution in [0.15, 0.2) is 29.2 Å². The van der Waals surface area contributed by atoms with E-state index >= 15 is 0 Å². The van der Waals surface area contributed by atoms with Gasteiger partial charge in [0.25, 0.3) is 0 Å². The summed E-state index contributed by atoms with van der Waals surface area (Å²) in [5.74, 6) is 0.0523. The summed E-state index contributed by atoms with van der Waals surface area (Å²) in [4.78, 5) is 14.0. The Labute approximate surface area is 155 Å². The fraction of sp³-hybridized carbons (Fsp3) is 0.611. The molecule has 0 bridgehead atoms. The highest BCUT2D eigenvalue weighted by Crippen LogP contribution is 2.31. The molecule has 1 unspecified atom stereocenters. The Bertz CT molecular complexity index is 516. The molecule has 0 radical (unpaired) electrons. The predicted octanol–water partition coefficient (Wildman–Crippen LogP) is 3.54. The van der Waals surface area contributed by atoms with Crippen molar-refractivity contribution in [2.75, 3.05) is 19.8 Å². The first kappa shape index (κ1) is 21.3. The highest BCUT2D eigenvalue weighted by atomic mass is 35.5. The van der Waals surface area contributed by atoms with Crippen LogP contribution in [0.2, 0.25) is 0 Å². The van der Waals surface area contributed by atoms with E-state index in [9.17, 15) is 4.79 Å². The lowest BCUT2D eigenvalue weighted by molar-refractivity contribution is -0.136. The molecular weight excluding hydrogens is 344 g/mol. The second-order valence-corrected chi connectivity index (χ2v) is 8.18. The van der Waals surface area contributed by atoms with Crippen LogP contribution in [0.25, 0.3) is 0 Å². The summed E-state index contributed by atoms with van der Waals surface area (Å²) in [5, 5.41) is 3.70. The smallest absolute Gasteiger partial charge is 0.228 e. The second-order valence-electron chi connectivity index (χ2n) is 6.53. The Hall–Kier alpha value is -0.750. The zero-order valence-electron chi connectivity index (χ0n) is 14.7. The molecule has 6 heteroatoms. The van der Waals surface area contributed by atoms with E-state index in [1.54, 1.807) is 0 Å². The van der Waals surface area contributed by atoms with Crippen LogP contribution >= 0.6 is 24.2 Å². The van der Waals surface area contributed by atoms with Gasteiger partial charge in [-0.15, -0.1) is 24.2 Å². The molecule has 24 heavy (non-hydrogen) atoms. The molecule has 1 aromatic carbocycles. The van der Waals surface area contributed by atoms with Crippen molar-refractivity contribution < 1.29 is 9.53 Å². The molecule has 4 nitrogen and oxygen atoms in total. The van der Waals surface area contributed by atoms with E-state index in [0.29, 0.717) is 37.9 Å². The van der Waals surface area contributed by atoms with E-state index in [0.717, 1.165) is 5.56 Å². The summed E-state index contributed by atoms with van der Waals surface area (Å²) in [6.07, 6.45) is 1.40. The van der Waals surface area contributed by atoms with Gasteiger partial charge >= 0.3 is 0 Å². The van der Waals surface area contributed by atoms with Gasteiger partial charge in [0.15, 0.2) is 0 Å². The van der Waals surface area contributed by atoms with Crippen molar-refractivity contribution in [2.24, 2.45) is 11.1 Å². The molecule has 136 valence electrons. The van der Waals surface area contributed by atoms with Gasteiger partial charge in [0.1, 0.15) is 0 Å². The summed E-state index contributed by atoms with van der Waals surface area (Å²) in [6, 6.07) is 8.40. The number of carbonyl (C=O) groups excluding carboxylic acids is 1. The number of nitrogens with two attached hydrogens (primary N) is 1. The van der Waals surface area contributed by atoms with Crippen molar-refractivity contribution in [3.8, 4) is 0 Å². The highest BCUT2D eigenvalue weighted by molar-refractivity contribution is 7.99. The number of halogens is 1. The molecule has 1 fully saturated rings. The van der Waals surface area contributed by atoms with Crippen LogP contribution in [0, 0.1) is 5.41 Å². The van der Waals surface area contributed by atoms with Crippen LogP contribution in [0.5, 0.6) is 0 Å². The maximum absolute atomic E-state index is 12.7. The third kappa shape index (κ3) is 5.38. The molecule has 0 spiro atoms. The van der Waals surface area contributed by atoms with Crippen molar-refractivity contribution in [3.63, 3.8) is 0 Å². The maximum atomic E-state index is 12.7. The quantitative estimate of drug-likeness (QED) is 0.749. The number of rotatable bonds is 6. The van der Waals surface area contributed by atoms with Crippen LogP contribution in [0.3, 0.4) is 0 Å². The van der Waals surface area contributed by atoms with Gasteiger partial charge in [0, 0.05) is 29.9 Å². The van der Waals surface area contributed by atoms with Crippen molar-refractivity contribution in [2.45, 2.75) is 49.8 Å². The topological polar surface area (TPSA) is 64.4 Å². The molecule has 3 N–H and O–H groups in total. The fourth-order valence-corrected chi connectivity index (χ4v) is 3.66. The lowest BCUT2D eigenvalue weighted by atomic mass is 9.79. The zero-order valence-corrected chi connectivity index (χ0v) is 16.3. The van der Waals surface area contributed by atoms with Crippen LogP contribution < -0.4 is 11.1 Å². The van der Waals surface area contributed by atoms with E-state index in [-0.39, 0.29) is 24.4 Å². The third-order valence-electron chi connectivity index (χ3n) is 4.42. The van der Waals surface area contributed by atoms with E-state index in [1.165, 1.54) is 4.90 Å². The van der Waals surface area contributed by atoms with Crippen LogP contribution in [-0.2, 0) is 9.53 Å². The number of hydrogen-bond acceptors (Lipinski definition) is 4. The monoisotopic (exact) mass is 372 g/mol. The minimum atomic E-state index is -0.472. The van der Waals surface area contributed by atoms with E-state index in [4.69, 9.17) is 10.5 Å². The second kappa shape index (κ2) is 9.66.